The van der Waals surface area contributed by atoms with Crippen molar-refractivity contribution in [2.45, 2.75) is 27.2 Å². The lowest BCUT2D eigenvalue weighted by molar-refractivity contribution is -0.125. The van der Waals surface area contributed by atoms with Crippen LogP contribution in [-0.2, 0) is 4.79 Å². The van der Waals surface area contributed by atoms with E-state index in [0.717, 1.165) is 25.3 Å². The Labute approximate surface area is 126 Å². The van der Waals surface area contributed by atoms with Gasteiger partial charge in [-0.15, -0.1) is 0 Å². The number of ketones is 1. The summed E-state index contributed by atoms with van der Waals surface area (Å²) >= 11 is 0. The molecule has 0 bridgehead atoms. The molecular formula is C18H22N2O. The molecule has 1 saturated heterocycles. The first-order valence-electron chi connectivity index (χ1n) is 7.70. The first-order chi connectivity index (χ1) is 10.1. The summed E-state index contributed by atoms with van der Waals surface area (Å²) in [6.45, 7) is 7.82. The van der Waals surface area contributed by atoms with Gasteiger partial charge in [0, 0.05) is 36.5 Å². The average Bonchev–Trinajstić information content (AvgIpc) is 2.96. The molecule has 1 atom stereocenters. The second-order valence-corrected chi connectivity index (χ2v) is 6.33. The SMILES string of the molecule is Cc1cccc2cc(N3CCC(C(=O)C(C)C)C3)ncc12. The fraction of sp³-hybridized carbons (Fsp3) is 0.444. The van der Waals surface area contributed by atoms with E-state index in [9.17, 15) is 4.79 Å². The lowest BCUT2D eigenvalue weighted by atomic mass is 9.95. The predicted octanol–water partition coefficient (Wildman–Crippen LogP) is 3.59. The summed E-state index contributed by atoms with van der Waals surface area (Å²) < 4.78 is 0. The molecule has 0 N–H and O–H groups in total. The van der Waals surface area contributed by atoms with E-state index in [1.807, 2.05) is 20.0 Å². The van der Waals surface area contributed by atoms with Crippen molar-refractivity contribution in [2.75, 3.05) is 18.0 Å². The number of carbonyl (C=O) groups excluding carboxylic acids is 1. The molecule has 1 aromatic carbocycles. The molecule has 3 rings (SSSR count). The van der Waals surface area contributed by atoms with Crippen LogP contribution in [0.15, 0.2) is 30.5 Å². The van der Waals surface area contributed by atoms with Gasteiger partial charge in [-0.3, -0.25) is 4.79 Å². The van der Waals surface area contributed by atoms with Gasteiger partial charge in [-0.1, -0.05) is 32.0 Å². The van der Waals surface area contributed by atoms with E-state index in [4.69, 9.17) is 0 Å². The van der Waals surface area contributed by atoms with Crippen LogP contribution in [-0.4, -0.2) is 23.9 Å². The number of fused-ring (bicyclic) bond motifs is 1. The topological polar surface area (TPSA) is 33.2 Å². The Kier molecular flexibility index (Phi) is 3.66. The number of pyridine rings is 1. The molecule has 0 aliphatic carbocycles. The second-order valence-electron chi connectivity index (χ2n) is 6.33. The van der Waals surface area contributed by atoms with E-state index >= 15 is 0 Å². The molecule has 1 aliphatic rings. The number of anilines is 1. The maximum atomic E-state index is 12.1. The number of rotatable bonds is 3. The van der Waals surface area contributed by atoms with E-state index in [1.165, 1.54) is 16.3 Å². The highest BCUT2D eigenvalue weighted by Gasteiger charge is 2.30. The van der Waals surface area contributed by atoms with Gasteiger partial charge in [0.2, 0.25) is 0 Å². The Bertz CT molecular complexity index is 678. The van der Waals surface area contributed by atoms with Crippen LogP contribution in [0.3, 0.4) is 0 Å². The summed E-state index contributed by atoms with van der Waals surface area (Å²) in [5.74, 6) is 1.67. The molecule has 1 aromatic heterocycles. The van der Waals surface area contributed by atoms with Gasteiger partial charge in [-0.2, -0.15) is 0 Å². The zero-order chi connectivity index (χ0) is 15.0. The van der Waals surface area contributed by atoms with Crippen molar-refractivity contribution in [2.24, 2.45) is 11.8 Å². The number of hydrogen-bond acceptors (Lipinski definition) is 3. The number of aryl methyl sites for hydroxylation is 1. The molecule has 3 nitrogen and oxygen atoms in total. The van der Waals surface area contributed by atoms with Crippen molar-refractivity contribution < 1.29 is 4.79 Å². The minimum absolute atomic E-state index is 0.127. The van der Waals surface area contributed by atoms with Crippen LogP contribution in [0.25, 0.3) is 10.8 Å². The zero-order valence-corrected chi connectivity index (χ0v) is 13.0. The van der Waals surface area contributed by atoms with Crippen LogP contribution in [0.5, 0.6) is 0 Å². The number of carbonyl (C=O) groups is 1. The highest BCUT2D eigenvalue weighted by atomic mass is 16.1. The van der Waals surface area contributed by atoms with Crippen molar-refractivity contribution >= 4 is 22.4 Å². The smallest absolute Gasteiger partial charge is 0.140 e. The van der Waals surface area contributed by atoms with Gasteiger partial charge in [0.05, 0.1) is 0 Å². The molecule has 1 fully saturated rings. The van der Waals surface area contributed by atoms with E-state index < -0.39 is 0 Å². The Morgan fingerprint density at radius 2 is 2.19 bits per heavy atom. The monoisotopic (exact) mass is 282 g/mol. The predicted molar refractivity (Wildman–Crippen MR) is 86.6 cm³/mol. The fourth-order valence-electron chi connectivity index (χ4n) is 3.16. The zero-order valence-electron chi connectivity index (χ0n) is 13.0. The number of benzene rings is 1. The minimum Gasteiger partial charge on any atom is -0.356 e. The Balaban J connectivity index is 1.84. The molecule has 1 aliphatic heterocycles. The molecule has 2 heterocycles. The van der Waals surface area contributed by atoms with Crippen molar-refractivity contribution in [1.82, 2.24) is 4.98 Å². The molecule has 0 spiro atoms. The lowest BCUT2D eigenvalue weighted by Gasteiger charge is -2.18. The molecular weight excluding hydrogens is 260 g/mol. The van der Waals surface area contributed by atoms with Crippen molar-refractivity contribution in [1.29, 1.82) is 0 Å². The molecule has 110 valence electrons. The Morgan fingerprint density at radius 3 is 2.95 bits per heavy atom. The van der Waals surface area contributed by atoms with Gasteiger partial charge < -0.3 is 4.90 Å². The first-order valence-corrected chi connectivity index (χ1v) is 7.70. The normalized spacial score (nSPS) is 18.7. The van der Waals surface area contributed by atoms with Crippen LogP contribution < -0.4 is 4.90 Å². The molecule has 1 unspecified atom stereocenters. The summed E-state index contributed by atoms with van der Waals surface area (Å²) in [6.07, 6.45) is 2.90. The van der Waals surface area contributed by atoms with Crippen molar-refractivity contribution in [3.63, 3.8) is 0 Å². The van der Waals surface area contributed by atoms with Gasteiger partial charge in [-0.05, 0) is 30.4 Å². The van der Waals surface area contributed by atoms with Crippen molar-refractivity contribution in [3.05, 3.63) is 36.0 Å². The quantitative estimate of drug-likeness (QED) is 0.862. The number of Topliss-reactive ketones (excluding diaryl/α,β-unsaturated/α-hetero) is 1. The summed E-state index contributed by atoms with van der Waals surface area (Å²) in [4.78, 5) is 19.0. The number of hydrogen-bond donors (Lipinski definition) is 0. The minimum atomic E-state index is 0.127. The Hall–Kier alpha value is -1.90. The third kappa shape index (κ3) is 2.65. The van der Waals surface area contributed by atoms with Gasteiger partial charge in [-0.25, -0.2) is 4.98 Å². The number of aromatic nitrogens is 1. The average molecular weight is 282 g/mol. The molecule has 3 heteroatoms. The van der Waals surface area contributed by atoms with E-state index in [1.54, 1.807) is 0 Å². The van der Waals surface area contributed by atoms with Gasteiger partial charge in [0.1, 0.15) is 11.6 Å². The van der Waals surface area contributed by atoms with Crippen LogP contribution in [0, 0.1) is 18.8 Å². The molecule has 2 aromatic rings. The summed E-state index contributed by atoms with van der Waals surface area (Å²) in [7, 11) is 0. The largest absolute Gasteiger partial charge is 0.356 e. The summed E-state index contributed by atoms with van der Waals surface area (Å²) in [5, 5.41) is 2.42. The van der Waals surface area contributed by atoms with Gasteiger partial charge in [0.25, 0.3) is 0 Å². The second kappa shape index (κ2) is 5.47. The number of nitrogens with zero attached hydrogens (tertiary/aromatic N) is 2. The van der Waals surface area contributed by atoms with Gasteiger partial charge in [0.15, 0.2) is 0 Å². The highest BCUT2D eigenvalue weighted by molar-refractivity contribution is 5.87. The third-order valence-corrected chi connectivity index (χ3v) is 4.45. The van der Waals surface area contributed by atoms with E-state index in [-0.39, 0.29) is 11.8 Å². The van der Waals surface area contributed by atoms with Crippen LogP contribution in [0.2, 0.25) is 0 Å². The third-order valence-electron chi connectivity index (χ3n) is 4.45. The first kappa shape index (κ1) is 14.1. The summed E-state index contributed by atoms with van der Waals surface area (Å²) in [6, 6.07) is 8.46. The van der Waals surface area contributed by atoms with Gasteiger partial charge >= 0.3 is 0 Å². The molecule has 0 radical (unpaired) electrons. The van der Waals surface area contributed by atoms with Crippen LogP contribution in [0.1, 0.15) is 25.8 Å². The van der Waals surface area contributed by atoms with Crippen LogP contribution in [0.4, 0.5) is 5.82 Å². The van der Waals surface area contributed by atoms with Crippen molar-refractivity contribution in [3.8, 4) is 0 Å². The molecule has 21 heavy (non-hydrogen) atoms. The van der Waals surface area contributed by atoms with E-state index in [0.29, 0.717) is 5.78 Å². The fourth-order valence-corrected chi connectivity index (χ4v) is 3.16. The maximum Gasteiger partial charge on any atom is 0.140 e. The standard InChI is InChI=1S/C18H22N2O/c1-12(2)18(21)15-7-8-20(11-15)17-9-14-6-4-5-13(3)16(14)10-19-17/h4-6,9-10,12,15H,7-8,11H2,1-3H3. The molecule has 0 amide bonds. The highest BCUT2D eigenvalue weighted by Crippen LogP contribution is 2.27. The molecule has 0 saturated carbocycles. The summed E-state index contributed by atoms with van der Waals surface area (Å²) in [5.41, 5.74) is 1.25. The maximum absolute atomic E-state index is 12.1. The van der Waals surface area contributed by atoms with E-state index in [2.05, 4.69) is 41.1 Å². The lowest BCUT2D eigenvalue weighted by Crippen LogP contribution is -2.25. The Morgan fingerprint density at radius 1 is 1.38 bits per heavy atom. The van der Waals surface area contributed by atoms with Crippen LogP contribution >= 0.6 is 0 Å².